The van der Waals surface area contributed by atoms with Crippen molar-refractivity contribution in [3.05, 3.63) is 137 Å². The molecular weight excluding hydrogens is 883 g/mol. The smallest absolute Gasteiger partial charge is 0.383 e. The number of piperazine rings is 1. The number of halogens is 4. The van der Waals surface area contributed by atoms with E-state index in [0.717, 1.165) is 79.3 Å². The number of nitrogens with zero attached hydrogens (tertiary/aromatic N) is 3. The molecule has 1 aliphatic rings. The molecule has 340 valence electrons. The first-order valence-corrected chi connectivity index (χ1v) is 24.7. The van der Waals surface area contributed by atoms with Crippen molar-refractivity contribution < 1.29 is 26.4 Å². The Balaban J connectivity index is 0.000000785. The zero-order chi connectivity index (χ0) is 46.0. The van der Waals surface area contributed by atoms with Gasteiger partial charge in [-0.3, -0.25) is 14.4 Å². The van der Waals surface area contributed by atoms with Crippen LogP contribution < -0.4 is 14.9 Å². The molecule has 0 unspecified atom stereocenters. The second-order valence-electron chi connectivity index (χ2n) is 15.0. The van der Waals surface area contributed by atoms with Gasteiger partial charge in [-0.1, -0.05) is 101 Å². The third-order valence-electron chi connectivity index (χ3n) is 9.89. The van der Waals surface area contributed by atoms with Gasteiger partial charge in [-0.2, -0.15) is 13.2 Å². The van der Waals surface area contributed by atoms with Gasteiger partial charge in [-0.05, 0) is 115 Å². The SMILES string of the molecule is CC.CCN(C)CC(C)C.O=C(NSc1ccc(NCCSc2ccccc2)c(S(=O)(=O)C(F)(F)F)c1)c1ccc(N2CCN(Cc3ccccc3-c3ccc(Cl)cc3)CC2)cc1. The summed E-state index contributed by atoms with van der Waals surface area (Å²) in [5, 5.41) is 3.53. The van der Waals surface area contributed by atoms with Crippen LogP contribution in [0.4, 0.5) is 24.5 Å². The van der Waals surface area contributed by atoms with Gasteiger partial charge in [0.15, 0.2) is 0 Å². The minimum absolute atomic E-state index is 0.135. The van der Waals surface area contributed by atoms with Crippen LogP contribution in [-0.2, 0) is 16.4 Å². The third kappa shape index (κ3) is 15.8. The number of hydrogen-bond donors (Lipinski definition) is 2. The Kier molecular flexibility index (Phi) is 20.7. The third-order valence-corrected chi connectivity index (χ3v) is 13.5. The lowest BCUT2D eigenvalue weighted by Gasteiger charge is -2.36. The van der Waals surface area contributed by atoms with E-state index in [1.165, 1.54) is 41.6 Å². The Morgan fingerprint density at radius 2 is 1.48 bits per heavy atom. The number of sulfone groups is 1. The first-order chi connectivity index (χ1) is 30.1. The van der Waals surface area contributed by atoms with Gasteiger partial charge in [0.2, 0.25) is 0 Å². The van der Waals surface area contributed by atoms with Gasteiger partial charge in [0.05, 0.1) is 5.69 Å². The topological polar surface area (TPSA) is 85.0 Å². The lowest BCUT2D eigenvalue weighted by molar-refractivity contribution is -0.0435. The molecule has 8 nitrogen and oxygen atoms in total. The molecule has 1 saturated heterocycles. The average molecular weight is 943 g/mol. The first-order valence-electron chi connectivity index (χ1n) is 21.1. The molecule has 15 heteroatoms. The van der Waals surface area contributed by atoms with Crippen molar-refractivity contribution >= 4 is 62.4 Å². The summed E-state index contributed by atoms with van der Waals surface area (Å²) in [6.45, 7) is 17.4. The summed E-state index contributed by atoms with van der Waals surface area (Å²) in [7, 11) is -3.51. The number of amides is 1. The molecule has 0 bridgehead atoms. The van der Waals surface area contributed by atoms with Gasteiger partial charge in [-0.25, -0.2) is 8.42 Å². The minimum atomic E-state index is -5.67. The second-order valence-corrected chi connectivity index (χ2v) is 19.3. The van der Waals surface area contributed by atoms with Crippen LogP contribution in [0.3, 0.4) is 0 Å². The van der Waals surface area contributed by atoms with Gasteiger partial charge in [-0.15, -0.1) is 11.8 Å². The molecule has 1 amide bonds. The van der Waals surface area contributed by atoms with Crippen LogP contribution in [0.15, 0.2) is 136 Å². The van der Waals surface area contributed by atoms with Crippen LogP contribution in [0.25, 0.3) is 11.1 Å². The standard InChI is InChI=1S/C39H36ClF3N4O3S3.C7H17N.C2H6/c40-31-14-10-28(11-15-31)35-9-5-4-6-30(35)27-46-21-23-47(24-22-46)32-16-12-29(13-17-32)38(48)45-52-34-18-19-36(37(26-34)53(49,50)39(41,42)43)44-20-25-51-33-7-2-1-3-8-33;1-5-8(4)6-7(2)3;1-2/h1-19,26,44H,20-25,27H2,(H,45,48);7H,5-6H2,1-4H3;1-2H3. The summed E-state index contributed by atoms with van der Waals surface area (Å²) >= 11 is 8.33. The van der Waals surface area contributed by atoms with Gasteiger partial charge in [0.25, 0.3) is 15.7 Å². The van der Waals surface area contributed by atoms with Crippen LogP contribution in [-0.4, -0.2) is 88.2 Å². The fourth-order valence-electron chi connectivity index (χ4n) is 6.65. The van der Waals surface area contributed by atoms with Crippen molar-refractivity contribution in [2.75, 3.05) is 68.8 Å². The Bertz CT molecular complexity index is 2260. The molecule has 0 saturated carbocycles. The predicted molar refractivity (Wildman–Crippen MR) is 259 cm³/mol. The quantitative estimate of drug-likeness (QED) is 0.0571. The molecule has 1 fully saturated rings. The number of thioether (sulfide) groups is 1. The highest BCUT2D eigenvalue weighted by molar-refractivity contribution is 7.99. The van der Waals surface area contributed by atoms with E-state index in [-0.39, 0.29) is 17.1 Å². The lowest BCUT2D eigenvalue weighted by atomic mass is 9.99. The van der Waals surface area contributed by atoms with E-state index in [2.05, 4.69) is 70.8 Å². The molecule has 0 atom stereocenters. The molecule has 63 heavy (non-hydrogen) atoms. The molecule has 0 spiro atoms. The van der Waals surface area contributed by atoms with E-state index in [1.54, 1.807) is 12.1 Å². The highest BCUT2D eigenvalue weighted by Gasteiger charge is 2.48. The average Bonchev–Trinajstić information content (AvgIpc) is 3.28. The maximum Gasteiger partial charge on any atom is 0.501 e. The van der Waals surface area contributed by atoms with Gasteiger partial charge in [0, 0.05) is 77.6 Å². The molecule has 5 aromatic carbocycles. The van der Waals surface area contributed by atoms with Crippen molar-refractivity contribution in [2.24, 2.45) is 5.92 Å². The van der Waals surface area contributed by atoms with Crippen molar-refractivity contribution in [1.82, 2.24) is 14.5 Å². The molecular formula is C48H59ClF3N5O3S3. The molecule has 0 aromatic heterocycles. The van der Waals surface area contributed by atoms with E-state index >= 15 is 0 Å². The normalized spacial score (nSPS) is 13.2. The highest BCUT2D eigenvalue weighted by atomic mass is 35.5. The number of alkyl halides is 3. The number of benzene rings is 5. The Morgan fingerprint density at radius 3 is 2.08 bits per heavy atom. The van der Waals surface area contributed by atoms with Crippen molar-refractivity contribution in [2.45, 2.75) is 61.4 Å². The molecule has 0 aliphatic carbocycles. The van der Waals surface area contributed by atoms with Crippen molar-refractivity contribution in [3.63, 3.8) is 0 Å². The highest BCUT2D eigenvalue weighted by Crippen LogP contribution is 2.37. The number of anilines is 2. The van der Waals surface area contributed by atoms with Gasteiger partial charge < -0.3 is 15.1 Å². The summed E-state index contributed by atoms with van der Waals surface area (Å²) in [5.74, 6) is 0.837. The zero-order valence-corrected chi connectivity index (χ0v) is 40.0. The monoisotopic (exact) mass is 941 g/mol. The molecule has 2 N–H and O–H groups in total. The Labute approximate surface area is 386 Å². The largest absolute Gasteiger partial charge is 0.501 e. The summed E-state index contributed by atoms with van der Waals surface area (Å²) in [5.41, 5.74) is -0.767. The maximum atomic E-state index is 13.6. The molecule has 1 heterocycles. The number of rotatable bonds is 16. The molecule has 6 rings (SSSR count). The van der Waals surface area contributed by atoms with Crippen LogP contribution in [0, 0.1) is 5.92 Å². The minimum Gasteiger partial charge on any atom is -0.383 e. The Hall–Kier alpha value is -4.18. The number of carbonyl (C=O) groups is 1. The summed E-state index contributed by atoms with van der Waals surface area (Å²) < 4.78 is 68.5. The maximum absolute atomic E-state index is 13.6. The van der Waals surface area contributed by atoms with E-state index in [9.17, 15) is 26.4 Å². The van der Waals surface area contributed by atoms with Crippen LogP contribution in [0.2, 0.25) is 5.02 Å². The van der Waals surface area contributed by atoms with Crippen LogP contribution in [0.5, 0.6) is 0 Å². The first kappa shape index (κ1) is 51.5. The summed E-state index contributed by atoms with van der Waals surface area (Å²) in [6.07, 6.45) is 0. The van der Waals surface area contributed by atoms with E-state index in [0.29, 0.717) is 16.3 Å². The van der Waals surface area contributed by atoms with Crippen LogP contribution >= 0.6 is 35.3 Å². The summed E-state index contributed by atoms with van der Waals surface area (Å²) in [6, 6.07) is 36.5. The second kappa shape index (κ2) is 25.3. The van der Waals surface area contributed by atoms with Gasteiger partial charge in [0.1, 0.15) is 4.90 Å². The lowest BCUT2D eigenvalue weighted by Crippen LogP contribution is -2.46. The Morgan fingerprint density at radius 1 is 0.841 bits per heavy atom. The van der Waals surface area contributed by atoms with Crippen molar-refractivity contribution in [1.29, 1.82) is 0 Å². The predicted octanol–water partition coefficient (Wildman–Crippen LogP) is 11.9. The van der Waals surface area contributed by atoms with E-state index < -0.39 is 26.1 Å². The van der Waals surface area contributed by atoms with Crippen LogP contribution in [0.1, 0.15) is 50.5 Å². The van der Waals surface area contributed by atoms with Crippen molar-refractivity contribution in [3.8, 4) is 11.1 Å². The number of hydrogen-bond acceptors (Lipinski definition) is 9. The molecule has 1 aliphatic heterocycles. The fourth-order valence-corrected chi connectivity index (χ4v) is 9.24. The molecule has 0 radical (unpaired) electrons. The zero-order valence-electron chi connectivity index (χ0n) is 36.8. The van der Waals surface area contributed by atoms with Gasteiger partial charge >= 0.3 is 5.51 Å². The molecule has 5 aromatic rings. The fraction of sp³-hybridized carbons (Fsp3) is 0.354. The number of carbonyl (C=O) groups excluding carboxylic acids is 1. The summed E-state index contributed by atoms with van der Waals surface area (Å²) in [4.78, 5) is 20.2. The van der Waals surface area contributed by atoms with E-state index in [1.807, 2.05) is 86.6 Å². The number of nitrogens with one attached hydrogen (secondary N) is 2. The van der Waals surface area contributed by atoms with E-state index in [4.69, 9.17) is 11.6 Å².